The lowest BCUT2D eigenvalue weighted by molar-refractivity contribution is 0.280. The van der Waals surface area contributed by atoms with Gasteiger partial charge in [-0.25, -0.2) is 9.97 Å². The van der Waals surface area contributed by atoms with E-state index in [0.29, 0.717) is 5.95 Å². The summed E-state index contributed by atoms with van der Waals surface area (Å²) in [5.41, 5.74) is 1.61. The van der Waals surface area contributed by atoms with E-state index in [1.54, 1.807) is 6.20 Å². The van der Waals surface area contributed by atoms with Gasteiger partial charge in [-0.1, -0.05) is 6.92 Å². The van der Waals surface area contributed by atoms with Crippen molar-refractivity contribution >= 4 is 5.95 Å². The molecule has 1 rings (SSSR count). The summed E-state index contributed by atoms with van der Waals surface area (Å²) < 4.78 is 0. The minimum Gasteiger partial charge on any atom is -0.392 e. The average molecular weight is 181 g/mol. The quantitative estimate of drug-likeness (QED) is 0.730. The zero-order chi connectivity index (χ0) is 9.68. The van der Waals surface area contributed by atoms with E-state index >= 15 is 0 Å². The van der Waals surface area contributed by atoms with Crippen LogP contribution in [0.15, 0.2) is 6.20 Å². The maximum Gasteiger partial charge on any atom is 0.222 e. The van der Waals surface area contributed by atoms with Crippen molar-refractivity contribution in [3.63, 3.8) is 0 Å². The van der Waals surface area contributed by atoms with Crippen molar-refractivity contribution in [3.8, 4) is 0 Å². The summed E-state index contributed by atoms with van der Waals surface area (Å²) in [6.45, 7) is 4.82. The van der Waals surface area contributed by atoms with E-state index in [9.17, 15) is 0 Å². The molecule has 0 aliphatic rings. The molecule has 1 heterocycles. The van der Waals surface area contributed by atoms with E-state index in [4.69, 9.17) is 5.11 Å². The molecule has 72 valence electrons. The van der Waals surface area contributed by atoms with Crippen molar-refractivity contribution in [2.24, 2.45) is 0 Å². The molecule has 0 aliphatic carbocycles. The SMILES string of the molecule is CCCNc1ncc(CO)c(C)n1. The van der Waals surface area contributed by atoms with Crippen molar-refractivity contribution in [1.29, 1.82) is 0 Å². The van der Waals surface area contributed by atoms with Crippen LogP contribution in [0.3, 0.4) is 0 Å². The van der Waals surface area contributed by atoms with Gasteiger partial charge in [-0.05, 0) is 13.3 Å². The van der Waals surface area contributed by atoms with Crippen LogP contribution >= 0.6 is 0 Å². The second-order valence-corrected chi connectivity index (χ2v) is 2.89. The third-order valence-electron chi connectivity index (χ3n) is 1.78. The Morgan fingerprint density at radius 1 is 1.54 bits per heavy atom. The Balaban J connectivity index is 2.71. The summed E-state index contributed by atoms with van der Waals surface area (Å²) >= 11 is 0. The predicted molar refractivity (Wildman–Crippen MR) is 51.5 cm³/mol. The number of rotatable bonds is 4. The summed E-state index contributed by atoms with van der Waals surface area (Å²) in [5.74, 6) is 0.636. The van der Waals surface area contributed by atoms with Crippen LogP contribution in [0.5, 0.6) is 0 Å². The van der Waals surface area contributed by atoms with Gasteiger partial charge in [0.05, 0.1) is 6.61 Å². The zero-order valence-corrected chi connectivity index (χ0v) is 8.04. The Morgan fingerprint density at radius 3 is 2.85 bits per heavy atom. The molecule has 0 fully saturated rings. The van der Waals surface area contributed by atoms with Gasteiger partial charge in [0.25, 0.3) is 0 Å². The topological polar surface area (TPSA) is 58.0 Å². The molecule has 1 aromatic rings. The number of anilines is 1. The molecule has 13 heavy (non-hydrogen) atoms. The number of hydrogen-bond donors (Lipinski definition) is 2. The number of hydrogen-bond acceptors (Lipinski definition) is 4. The molecule has 0 amide bonds. The highest BCUT2D eigenvalue weighted by molar-refractivity contribution is 5.28. The molecule has 0 saturated carbocycles. The second-order valence-electron chi connectivity index (χ2n) is 2.89. The molecule has 0 bridgehead atoms. The lowest BCUT2D eigenvalue weighted by atomic mass is 10.3. The molecule has 0 aliphatic heterocycles. The van der Waals surface area contributed by atoms with Gasteiger partial charge in [0, 0.05) is 24.0 Å². The molecule has 0 unspecified atom stereocenters. The lowest BCUT2D eigenvalue weighted by Gasteiger charge is -2.05. The number of aromatic nitrogens is 2. The van der Waals surface area contributed by atoms with Crippen molar-refractivity contribution in [2.45, 2.75) is 26.9 Å². The minimum atomic E-state index is -0.000108. The van der Waals surface area contributed by atoms with Crippen LogP contribution in [-0.2, 0) is 6.61 Å². The van der Waals surface area contributed by atoms with Gasteiger partial charge in [-0.3, -0.25) is 0 Å². The normalized spacial score (nSPS) is 10.1. The maximum atomic E-state index is 8.88. The number of aliphatic hydroxyl groups excluding tert-OH is 1. The highest BCUT2D eigenvalue weighted by atomic mass is 16.3. The van der Waals surface area contributed by atoms with E-state index in [-0.39, 0.29) is 6.61 Å². The number of nitrogens with one attached hydrogen (secondary N) is 1. The summed E-state index contributed by atoms with van der Waals surface area (Å²) in [4.78, 5) is 8.26. The first kappa shape index (κ1) is 9.92. The highest BCUT2D eigenvalue weighted by Gasteiger charge is 2.00. The fraction of sp³-hybridized carbons (Fsp3) is 0.556. The van der Waals surface area contributed by atoms with Crippen LogP contribution in [0.2, 0.25) is 0 Å². The van der Waals surface area contributed by atoms with Gasteiger partial charge >= 0.3 is 0 Å². The average Bonchev–Trinajstić information content (AvgIpc) is 2.15. The Bertz CT molecular complexity index is 276. The van der Waals surface area contributed by atoms with Gasteiger partial charge in [0.2, 0.25) is 5.95 Å². The van der Waals surface area contributed by atoms with Gasteiger partial charge in [-0.15, -0.1) is 0 Å². The van der Waals surface area contributed by atoms with Crippen LogP contribution in [0.1, 0.15) is 24.6 Å². The molecule has 1 aromatic heterocycles. The van der Waals surface area contributed by atoms with Crippen molar-refractivity contribution in [1.82, 2.24) is 9.97 Å². The van der Waals surface area contributed by atoms with Gasteiger partial charge in [-0.2, -0.15) is 0 Å². The van der Waals surface area contributed by atoms with Crippen LogP contribution < -0.4 is 5.32 Å². The van der Waals surface area contributed by atoms with Crippen LogP contribution in [0.4, 0.5) is 5.95 Å². The van der Waals surface area contributed by atoms with Crippen molar-refractivity contribution in [2.75, 3.05) is 11.9 Å². The molecule has 2 N–H and O–H groups in total. The monoisotopic (exact) mass is 181 g/mol. The fourth-order valence-electron chi connectivity index (χ4n) is 0.969. The number of aliphatic hydroxyl groups is 1. The smallest absolute Gasteiger partial charge is 0.222 e. The van der Waals surface area contributed by atoms with Crippen molar-refractivity contribution in [3.05, 3.63) is 17.5 Å². The minimum absolute atomic E-state index is 0.000108. The molecule has 0 aromatic carbocycles. The molecule has 0 spiro atoms. The zero-order valence-electron chi connectivity index (χ0n) is 8.04. The van der Waals surface area contributed by atoms with E-state index in [2.05, 4.69) is 22.2 Å². The van der Waals surface area contributed by atoms with Gasteiger partial charge in [0.15, 0.2) is 0 Å². The third-order valence-corrected chi connectivity index (χ3v) is 1.78. The van der Waals surface area contributed by atoms with E-state index < -0.39 is 0 Å². The second kappa shape index (κ2) is 4.77. The molecule has 0 saturated heterocycles. The summed E-state index contributed by atoms with van der Waals surface area (Å²) in [7, 11) is 0. The Kier molecular flexibility index (Phi) is 3.64. The number of nitrogens with zero attached hydrogens (tertiary/aromatic N) is 2. The first-order chi connectivity index (χ1) is 6.27. The first-order valence-electron chi connectivity index (χ1n) is 4.45. The number of aryl methyl sites for hydroxylation is 1. The van der Waals surface area contributed by atoms with Gasteiger partial charge in [0.1, 0.15) is 0 Å². The summed E-state index contributed by atoms with van der Waals surface area (Å²) in [5, 5.41) is 12.0. The molecular formula is C9H15N3O. The Labute approximate surface area is 78.0 Å². The van der Waals surface area contributed by atoms with Gasteiger partial charge < -0.3 is 10.4 Å². The van der Waals surface area contributed by atoms with E-state index in [0.717, 1.165) is 24.2 Å². The molecule has 4 nitrogen and oxygen atoms in total. The highest BCUT2D eigenvalue weighted by Crippen LogP contribution is 2.06. The van der Waals surface area contributed by atoms with Crippen LogP contribution in [0.25, 0.3) is 0 Å². The predicted octanol–water partition coefficient (Wildman–Crippen LogP) is 1.10. The Morgan fingerprint density at radius 2 is 2.31 bits per heavy atom. The molecule has 0 radical (unpaired) electrons. The maximum absolute atomic E-state index is 8.88. The van der Waals surface area contributed by atoms with E-state index in [1.165, 1.54) is 0 Å². The first-order valence-corrected chi connectivity index (χ1v) is 4.45. The van der Waals surface area contributed by atoms with Crippen LogP contribution in [0, 0.1) is 6.92 Å². The van der Waals surface area contributed by atoms with E-state index in [1.807, 2.05) is 6.92 Å². The molecule has 4 heteroatoms. The summed E-state index contributed by atoms with van der Waals surface area (Å²) in [6.07, 6.45) is 2.70. The molecular weight excluding hydrogens is 166 g/mol. The standard InChI is InChI=1S/C9H15N3O/c1-3-4-10-9-11-5-8(6-13)7(2)12-9/h5,13H,3-4,6H2,1-2H3,(H,10,11,12). The lowest BCUT2D eigenvalue weighted by Crippen LogP contribution is -2.06. The third kappa shape index (κ3) is 2.66. The largest absolute Gasteiger partial charge is 0.392 e. The van der Waals surface area contributed by atoms with Crippen LogP contribution in [-0.4, -0.2) is 21.6 Å². The Hall–Kier alpha value is -1.16. The fourth-order valence-corrected chi connectivity index (χ4v) is 0.969. The summed E-state index contributed by atoms with van der Waals surface area (Å²) in [6, 6.07) is 0. The molecule has 0 atom stereocenters. The van der Waals surface area contributed by atoms with Crippen molar-refractivity contribution < 1.29 is 5.11 Å².